The molecule has 0 fully saturated rings. The van der Waals surface area contributed by atoms with Crippen molar-refractivity contribution in [3.05, 3.63) is 64.4 Å². The zero-order valence-electron chi connectivity index (χ0n) is 11.4. The molecule has 0 bridgehead atoms. The van der Waals surface area contributed by atoms with Crippen molar-refractivity contribution in [1.29, 1.82) is 0 Å². The highest BCUT2D eigenvalue weighted by molar-refractivity contribution is 9.10. The van der Waals surface area contributed by atoms with Crippen molar-refractivity contribution < 1.29 is 4.79 Å². The highest BCUT2D eigenvalue weighted by atomic mass is 79.9. The summed E-state index contributed by atoms with van der Waals surface area (Å²) in [7, 11) is 2.02. The van der Waals surface area contributed by atoms with E-state index in [0.717, 1.165) is 28.7 Å². The molecule has 1 aromatic heterocycles. The fraction of sp³-hybridized carbons (Fsp3) is 0.250. The van der Waals surface area contributed by atoms with E-state index in [-0.39, 0.29) is 5.78 Å². The normalized spacial score (nSPS) is 10.8. The standard InChI is InChI=1S/C16H17BrN2O/c1-19(12-13-4-3-8-18-11-13)9-7-16(20)14-5-2-6-15(17)10-14/h2-6,8,10-11H,7,9,12H2,1H3. The van der Waals surface area contributed by atoms with Gasteiger partial charge in [-0.05, 0) is 30.8 Å². The molecule has 0 aliphatic rings. The molecule has 2 aromatic rings. The number of carbonyl (C=O) groups is 1. The Morgan fingerprint density at radius 3 is 2.85 bits per heavy atom. The maximum absolute atomic E-state index is 12.1. The Morgan fingerprint density at radius 1 is 1.30 bits per heavy atom. The number of halogens is 1. The average Bonchev–Trinajstić information content (AvgIpc) is 2.46. The Hall–Kier alpha value is -1.52. The van der Waals surface area contributed by atoms with E-state index in [2.05, 4.69) is 25.8 Å². The van der Waals surface area contributed by atoms with Crippen LogP contribution in [0.2, 0.25) is 0 Å². The minimum absolute atomic E-state index is 0.171. The third-order valence-corrected chi connectivity index (χ3v) is 3.54. The van der Waals surface area contributed by atoms with E-state index in [1.807, 2.05) is 49.6 Å². The number of nitrogens with zero attached hydrogens (tertiary/aromatic N) is 2. The molecule has 104 valence electrons. The quantitative estimate of drug-likeness (QED) is 0.758. The van der Waals surface area contributed by atoms with Gasteiger partial charge in [-0.2, -0.15) is 0 Å². The van der Waals surface area contributed by atoms with Gasteiger partial charge in [-0.25, -0.2) is 0 Å². The van der Waals surface area contributed by atoms with Gasteiger partial charge in [0.1, 0.15) is 0 Å². The van der Waals surface area contributed by atoms with Crippen LogP contribution < -0.4 is 0 Å². The summed E-state index contributed by atoms with van der Waals surface area (Å²) in [6, 6.07) is 11.5. The lowest BCUT2D eigenvalue weighted by Gasteiger charge is -2.15. The van der Waals surface area contributed by atoms with E-state index >= 15 is 0 Å². The first-order valence-corrected chi connectivity index (χ1v) is 7.30. The molecule has 0 unspecified atom stereocenters. The van der Waals surface area contributed by atoms with Crippen LogP contribution in [0.25, 0.3) is 0 Å². The van der Waals surface area contributed by atoms with E-state index in [1.165, 1.54) is 0 Å². The van der Waals surface area contributed by atoms with Gasteiger partial charge in [-0.3, -0.25) is 9.78 Å². The van der Waals surface area contributed by atoms with Crippen molar-refractivity contribution in [3.63, 3.8) is 0 Å². The van der Waals surface area contributed by atoms with Gasteiger partial charge in [0.2, 0.25) is 0 Å². The van der Waals surface area contributed by atoms with Gasteiger partial charge in [0.15, 0.2) is 5.78 Å². The van der Waals surface area contributed by atoms with Crippen LogP contribution in [-0.2, 0) is 6.54 Å². The minimum atomic E-state index is 0.171. The van der Waals surface area contributed by atoms with E-state index in [9.17, 15) is 4.79 Å². The number of aromatic nitrogens is 1. The van der Waals surface area contributed by atoms with Crippen LogP contribution in [0.3, 0.4) is 0 Å². The summed E-state index contributed by atoms with van der Waals surface area (Å²) in [5.41, 5.74) is 1.92. The molecule has 20 heavy (non-hydrogen) atoms. The second kappa shape index (κ2) is 7.31. The summed E-state index contributed by atoms with van der Waals surface area (Å²) in [4.78, 5) is 18.3. The summed E-state index contributed by atoms with van der Waals surface area (Å²) in [6.45, 7) is 1.54. The van der Waals surface area contributed by atoms with Gasteiger partial charge < -0.3 is 4.90 Å². The molecule has 1 heterocycles. The fourth-order valence-corrected chi connectivity index (χ4v) is 2.38. The molecule has 0 aliphatic heterocycles. The molecular formula is C16H17BrN2O. The van der Waals surface area contributed by atoms with Crippen molar-refractivity contribution in [3.8, 4) is 0 Å². The molecule has 0 aliphatic carbocycles. The number of rotatable bonds is 6. The molecule has 0 N–H and O–H groups in total. The van der Waals surface area contributed by atoms with Gasteiger partial charge in [0.25, 0.3) is 0 Å². The molecular weight excluding hydrogens is 316 g/mol. The van der Waals surface area contributed by atoms with Crippen LogP contribution in [0, 0.1) is 0 Å². The van der Waals surface area contributed by atoms with Crippen LogP contribution in [0.1, 0.15) is 22.3 Å². The zero-order valence-corrected chi connectivity index (χ0v) is 13.0. The summed E-state index contributed by atoms with van der Waals surface area (Å²) in [5.74, 6) is 0.171. The Labute approximate surface area is 127 Å². The molecule has 0 atom stereocenters. The Kier molecular flexibility index (Phi) is 5.44. The second-order valence-electron chi connectivity index (χ2n) is 4.78. The number of benzene rings is 1. The number of ketones is 1. The Morgan fingerprint density at radius 2 is 2.15 bits per heavy atom. The maximum atomic E-state index is 12.1. The van der Waals surface area contributed by atoms with E-state index in [0.29, 0.717) is 6.42 Å². The van der Waals surface area contributed by atoms with Gasteiger partial charge in [-0.15, -0.1) is 0 Å². The third-order valence-electron chi connectivity index (χ3n) is 3.04. The molecule has 0 radical (unpaired) electrons. The first-order chi connectivity index (χ1) is 9.65. The molecule has 0 spiro atoms. The predicted octanol–water partition coefficient (Wildman–Crippen LogP) is 3.55. The first-order valence-electron chi connectivity index (χ1n) is 6.51. The second-order valence-corrected chi connectivity index (χ2v) is 5.70. The lowest BCUT2D eigenvalue weighted by molar-refractivity contribution is 0.0968. The van der Waals surface area contributed by atoms with Crippen LogP contribution >= 0.6 is 15.9 Å². The fourth-order valence-electron chi connectivity index (χ4n) is 1.98. The summed E-state index contributed by atoms with van der Waals surface area (Å²) in [6.07, 6.45) is 4.14. The lowest BCUT2D eigenvalue weighted by atomic mass is 10.1. The Balaban J connectivity index is 1.84. The summed E-state index contributed by atoms with van der Waals surface area (Å²) >= 11 is 3.39. The van der Waals surface area contributed by atoms with Gasteiger partial charge in [-0.1, -0.05) is 34.1 Å². The zero-order chi connectivity index (χ0) is 14.4. The average molecular weight is 333 g/mol. The van der Waals surface area contributed by atoms with Gasteiger partial charge in [0.05, 0.1) is 0 Å². The van der Waals surface area contributed by atoms with Crippen LogP contribution in [0.4, 0.5) is 0 Å². The lowest BCUT2D eigenvalue weighted by Crippen LogP contribution is -2.21. The topological polar surface area (TPSA) is 33.2 Å². The minimum Gasteiger partial charge on any atom is -0.302 e. The largest absolute Gasteiger partial charge is 0.302 e. The SMILES string of the molecule is CN(CCC(=O)c1cccc(Br)c1)Cc1cccnc1. The Bertz CT molecular complexity index is 572. The highest BCUT2D eigenvalue weighted by Gasteiger charge is 2.08. The number of hydrogen-bond donors (Lipinski definition) is 0. The van der Waals surface area contributed by atoms with Gasteiger partial charge in [0, 0.05) is 41.9 Å². The van der Waals surface area contributed by atoms with Crippen molar-refractivity contribution in [2.45, 2.75) is 13.0 Å². The monoisotopic (exact) mass is 332 g/mol. The van der Waals surface area contributed by atoms with E-state index in [1.54, 1.807) is 6.20 Å². The molecule has 0 saturated heterocycles. The molecule has 1 aromatic carbocycles. The van der Waals surface area contributed by atoms with Crippen molar-refractivity contribution in [2.24, 2.45) is 0 Å². The number of Topliss-reactive ketones (excluding diaryl/α,β-unsaturated/α-hetero) is 1. The van der Waals surface area contributed by atoms with Crippen LogP contribution in [0.15, 0.2) is 53.3 Å². The van der Waals surface area contributed by atoms with Crippen molar-refractivity contribution >= 4 is 21.7 Å². The number of pyridine rings is 1. The smallest absolute Gasteiger partial charge is 0.164 e. The molecule has 2 rings (SSSR count). The molecule has 0 amide bonds. The van der Waals surface area contributed by atoms with Crippen LogP contribution in [0.5, 0.6) is 0 Å². The summed E-state index contributed by atoms with van der Waals surface area (Å²) in [5, 5.41) is 0. The van der Waals surface area contributed by atoms with Crippen LogP contribution in [-0.4, -0.2) is 29.3 Å². The molecule has 3 nitrogen and oxygen atoms in total. The third kappa shape index (κ3) is 4.54. The predicted molar refractivity (Wildman–Crippen MR) is 83.7 cm³/mol. The van der Waals surface area contributed by atoms with Crippen molar-refractivity contribution in [1.82, 2.24) is 9.88 Å². The molecule has 4 heteroatoms. The molecule has 0 saturated carbocycles. The van der Waals surface area contributed by atoms with Crippen molar-refractivity contribution in [2.75, 3.05) is 13.6 Å². The number of hydrogen-bond acceptors (Lipinski definition) is 3. The number of carbonyl (C=O) groups excluding carboxylic acids is 1. The maximum Gasteiger partial charge on any atom is 0.164 e. The van der Waals surface area contributed by atoms with E-state index in [4.69, 9.17) is 0 Å². The highest BCUT2D eigenvalue weighted by Crippen LogP contribution is 2.13. The van der Waals surface area contributed by atoms with Gasteiger partial charge >= 0.3 is 0 Å². The summed E-state index contributed by atoms with van der Waals surface area (Å²) < 4.78 is 0.937. The van der Waals surface area contributed by atoms with E-state index < -0.39 is 0 Å². The first kappa shape index (κ1) is 14.9.